The lowest BCUT2D eigenvalue weighted by Crippen LogP contribution is -2.41. The molecule has 0 aliphatic rings. The van der Waals surface area contributed by atoms with E-state index in [0.717, 1.165) is 16.7 Å². The lowest BCUT2D eigenvalue weighted by Gasteiger charge is -2.08. The number of rotatable bonds is 7. The predicted octanol–water partition coefficient (Wildman–Crippen LogP) is 2.84. The molecule has 2 heterocycles. The first kappa shape index (κ1) is 20.4. The van der Waals surface area contributed by atoms with Crippen LogP contribution in [0.2, 0.25) is 0 Å². The Bertz CT molecular complexity index is 1140. The lowest BCUT2D eigenvalue weighted by atomic mass is 10.1. The van der Waals surface area contributed by atoms with E-state index in [-0.39, 0.29) is 11.8 Å². The van der Waals surface area contributed by atoms with Crippen LogP contribution in [-0.2, 0) is 17.8 Å². The zero-order chi connectivity index (χ0) is 21.5. The SMILES string of the molecule is O=C(CCc1ccsc1)NNC(=O)c1ccc(Cn2nnc(-c3ccccc3)n2)cc1. The quantitative estimate of drug-likeness (QED) is 0.437. The van der Waals surface area contributed by atoms with Crippen LogP contribution in [0, 0.1) is 0 Å². The Morgan fingerprint density at radius 3 is 2.48 bits per heavy atom. The Hall–Kier alpha value is -3.85. The summed E-state index contributed by atoms with van der Waals surface area (Å²) in [7, 11) is 0. The highest BCUT2D eigenvalue weighted by Gasteiger charge is 2.09. The highest BCUT2D eigenvalue weighted by molar-refractivity contribution is 7.07. The van der Waals surface area contributed by atoms with E-state index in [0.29, 0.717) is 30.8 Å². The van der Waals surface area contributed by atoms with E-state index in [4.69, 9.17) is 0 Å². The number of aryl methyl sites for hydroxylation is 1. The monoisotopic (exact) mass is 432 g/mol. The van der Waals surface area contributed by atoms with Crippen LogP contribution < -0.4 is 10.9 Å². The van der Waals surface area contributed by atoms with Gasteiger partial charge in [0, 0.05) is 17.5 Å². The summed E-state index contributed by atoms with van der Waals surface area (Å²) >= 11 is 1.59. The van der Waals surface area contributed by atoms with Gasteiger partial charge in [0.2, 0.25) is 11.7 Å². The third-order valence-electron chi connectivity index (χ3n) is 4.56. The molecule has 2 N–H and O–H groups in total. The molecule has 0 aliphatic carbocycles. The molecular formula is C22H20N6O2S. The Labute approximate surface area is 182 Å². The van der Waals surface area contributed by atoms with E-state index in [2.05, 4.69) is 26.3 Å². The molecule has 0 saturated heterocycles. The molecule has 2 aromatic carbocycles. The Kier molecular flexibility index (Phi) is 6.44. The molecule has 156 valence electrons. The van der Waals surface area contributed by atoms with Crippen LogP contribution >= 0.6 is 11.3 Å². The largest absolute Gasteiger partial charge is 0.273 e. The number of benzene rings is 2. The number of tetrazole rings is 1. The third-order valence-corrected chi connectivity index (χ3v) is 5.29. The van der Waals surface area contributed by atoms with Gasteiger partial charge in [-0.05, 0) is 51.7 Å². The molecule has 2 amide bonds. The maximum atomic E-state index is 12.2. The molecule has 4 aromatic rings. The molecule has 2 aromatic heterocycles. The second kappa shape index (κ2) is 9.77. The first-order valence-electron chi connectivity index (χ1n) is 9.70. The van der Waals surface area contributed by atoms with Crippen LogP contribution in [0.4, 0.5) is 0 Å². The van der Waals surface area contributed by atoms with E-state index in [1.165, 1.54) is 4.80 Å². The molecule has 0 fully saturated rings. The highest BCUT2D eigenvalue weighted by Crippen LogP contribution is 2.13. The number of nitrogens with zero attached hydrogens (tertiary/aromatic N) is 4. The van der Waals surface area contributed by atoms with Gasteiger partial charge in [0.15, 0.2) is 0 Å². The van der Waals surface area contributed by atoms with Gasteiger partial charge in [0.1, 0.15) is 0 Å². The van der Waals surface area contributed by atoms with Crippen molar-refractivity contribution in [3.8, 4) is 11.4 Å². The van der Waals surface area contributed by atoms with Crippen molar-refractivity contribution < 1.29 is 9.59 Å². The molecule has 31 heavy (non-hydrogen) atoms. The summed E-state index contributed by atoms with van der Waals surface area (Å²) in [5.41, 5.74) is 8.27. The fourth-order valence-corrected chi connectivity index (χ4v) is 3.59. The molecule has 0 radical (unpaired) electrons. The van der Waals surface area contributed by atoms with E-state index in [1.807, 2.05) is 59.3 Å². The summed E-state index contributed by atoms with van der Waals surface area (Å²) in [6.07, 6.45) is 0.952. The van der Waals surface area contributed by atoms with Crippen molar-refractivity contribution in [3.63, 3.8) is 0 Å². The van der Waals surface area contributed by atoms with E-state index in [1.54, 1.807) is 23.5 Å². The molecule has 0 atom stereocenters. The van der Waals surface area contributed by atoms with Gasteiger partial charge in [-0.2, -0.15) is 16.1 Å². The van der Waals surface area contributed by atoms with Crippen molar-refractivity contribution in [2.75, 3.05) is 0 Å². The highest BCUT2D eigenvalue weighted by atomic mass is 32.1. The second-order valence-electron chi connectivity index (χ2n) is 6.84. The summed E-state index contributed by atoms with van der Waals surface area (Å²) in [4.78, 5) is 25.6. The Morgan fingerprint density at radius 2 is 1.74 bits per heavy atom. The molecule has 0 saturated carbocycles. The van der Waals surface area contributed by atoms with Gasteiger partial charge < -0.3 is 0 Å². The van der Waals surface area contributed by atoms with Crippen LogP contribution in [0.3, 0.4) is 0 Å². The average molecular weight is 433 g/mol. The van der Waals surface area contributed by atoms with Crippen LogP contribution in [0.5, 0.6) is 0 Å². The first-order chi connectivity index (χ1) is 15.2. The van der Waals surface area contributed by atoms with Gasteiger partial charge in [-0.25, -0.2) is 0 Å². The van der Waals surface area contributed by atoms with Crippen molar-refractivity contribution >= 4 is 23.2 Å². The van der Waals surface area contributed by atoms with Gasteiger partial charge in [-0.1, -0.05) is 42.5 Å². The van der Waals surface area contributed by atoms with Crippen LogP contribution in [0.1, 0.15) is 27.9 Å². The number of amides is 2. The molecule has 0 unspecified atom stereocenters. The van der Waals surface area contributed by atoms with E-state index < -0.39 is 0 Å². The summed E-state index contributed by atoms with van der Waals surface area (Å²) in [6, 6.07) is 18.6. The number of carbonyl (C=O) groups is 2. The standard InChI is InChI=1S/C22H20N6O2S/c29-20(11-8-17-12-13-31-15-17)23-25-22(30)19-9-6-16(7-10-19)14-28-26-21(24-27-28)18-4-2-1-3-5-18/h1-7,9-10,12-13,15H,8,11,14H2,(H,23,29)(H,25,30). The third kappa shape index (κ3) is 5.61. The molecule has 9 heteroatoms. The van der Waals surface area contributed by atoms with Crippen LogP contribution in [-0.4, -0.2) is 32.0 Å². The number of thiophene rings is 1. The molecule has 4 rings (SSSR count). The van der Waals surface area contributed by atoms with Crippen molar-refractivity contribution in [1.82, 2.24) is 31.1 Å². The second-order valence-corrected chi connectivity index (χ2v) is 7.62. The van der Waals surface area contributed by atoms with Gasteiger partial charge >= 0.3 is 0 Å². The van der Waals surface area contributed by atoms with Crippen molar-refractivity contribution in [1.29, 1.82) is 0 Å². The number of hydrogen-bond donors (Lipinski definition) is 2. The van der Waals surface area contributed by atoms with Gasteiger partial charge in [-0.15, -0.1) is 10.2 Å². The zero-order valence-electron chi connectivity index (χ0n) is 16.6. The smallest absolute Gasteiger partial charge is 0.269 e. The Balaban J connectivity index is 1.27. The summed E-state index contributed by atoms with van der Waals surface area (Å²) < 4.78 is 0. The molecular weight excluding hydrogens is 412 g/mol. The minimum atomic E-state index is -0.374. The molecule has 0 aliphatic heterocycles. The van der Waals surface area contributed by atoms with E-state index >= 15 is 0 Å². The lowest BCUT2D eigenvalue weighted by molar-refractivity contribution is -0.121. The number of hydrogen-bond acceptors (Lipinski definition) is 6. The maximum Gasteiger partial charge on any atom is 0.269 e. The Morgan fingerprint density at radius 1 is 0.935 bits per heavy atom. The zero-order valence-corrected chi connectivity index (χ0v) is 17.4. The van der Waals surface area contributed by atoms with Gasteiger partial charge in [-0.3, -0.25) is 20.4 Å². The predicted molar refractivity (Wildman–Crippen MR) is 117 cm³/mol. The van der Waals surface area contributed by atoms with Crippen molar-refractivity contribution in [2.45, 2.75) is 19.4 Å². The van der Waals surface area contributed by atoms with E-state index in [9.17, 15) is 9.59 Å². The fraction of sp³-hybridized carbons (Fsp3) is 0.136. The number of carbonyl (C=O) groups excluding carboxylic acids is 2. The van der Waals surface area contributed by atoms with Crippen LogP contribution in [0.25, 0.3) is 11.4 Å². The topological polar surface area (TPSA) is 102 Å². The van der Waals surface area contributed by atoms with Gasteiger partial charge in [0.25, 0.3) is 5.91 Å². The summed E-state index contributed by atoms with van der Waals surface area (Å²) in [5.74, 6) is -0.0466. The number of nitrogens with one attached hydrogen (secondary N) is 2. The number of hydrazine groups is 1. The summed E-state index contributed by atoms with van der Waals surface area (Å²) in [6.45, 7) is 0.432. The maximum absolute atomic E-state index is 12.2. The molecule has 8 nitrogen and oxygen atoms in total. The average Bonchev–Trinajstić information content (AvgIpc) is 3.49. The molecule has 0 bridgehead atoms. The normalized spacial score (nSPS) is 10.6. The number of aromatic nitrogens is 4. The summed E-state index contributed by atoms with van der Waals surface area (Å²) in [5, 5.41) is 16.5. The minimum absolute atomic E-state index is 0.234. The van der Waals surface area contributed by atoms with Crippen LogP contribution in [0.15, 0.2) is 71.4 Å². The van der Waals surface area contributed by atoms with Crippen molar-refractivity contribution in [2.24, 2.45) is 0 Å². The molecule has 0 spiro atoms. The minimum Gasteiger partial charge on any atom is -0.273 e. The first-order valence-corrected chi connectivity index (χ1v) is 10.6. The van der Waals surface area contributed by atoms with Gasteiger partial charge in [0.05, 0.1) is 6.54 Å². The fourth-order valence-electron chi connectivity index (χ4n) is 2.89. The van der Waals surface area contributed by atoms with Crippen molar-refractivity contribution in [3.05, 3.63) is 88.1 Å².